The molecule has 10 heavy (non-hydrogen) atoms. The summed E-state index contributed by atoms with van der Waals surface area (Å²) in [5.74, 6) is 0. The second-order valence-electron chi connectivity index (χ2n) is 2.08. The van der Waals surface area contributed by atoms with Crippen LogP contribution < -0.4 is 5.32 Å². The topological polar surface area (TPSA) is 45.1 Å². The van der Waals surface area contributed by atoms with E-state index >= 15 is 0 Å². The first-order chi connectivity index (χ1) is 4.79. The molecule has 1 heterocycles. The molecule has 56 valence electrons. The molecule has 0 saturated carbocycles. The Bertz CT molecular complexity index is 154. The summed E-state index contributed by atoms with van der Waals surface area (Å²) in [6.45, 7) is 1.58. The molecule has 1 fully saturated rings. The summed E-state index contributed by atoms with van der Waals surface area (Å²) in [6, 6.07) is 0.465. The quantitative estimate of drug-likeness (QED) is 0.579. The third-order valence-corrected chi connectivity index (χ3v) is 1.56. The van der Waals surface area contributed by atoms with Gasteiger partial charge in [0.2, 0.25) is 0 Å². The van der Waals surface area contributed by atoms with E-state index in [9.17, 15) is 0 Å². The van der Waals surface area contributed by atoms with Gasteiger partial charge < -0.3 is 10.1 Å². The minimum absolute atomic E-state index is 0.465. The van der Waals surface area contributed by atoms with Gasteiger partial charge in [0.05, 0.1) is 23.0 Å². The minimum atomic E-state index is 0.465. The van der Waals surface area contributed by atoms with E-state index in [-0.39, 0.29) is 0 Å². The van der Waals surface area contributed by atoms with Crippen LogP contribution in [-0.2, 0) is 4.74 Å². The molecule has 1 aliphatic heterocycles. The molecule has 1 rings (SSSR count). The van der Waals surface area contributed by atoms with Crippen LogP contribution in [0.2, 0.25) is 0 Å². The van der Waals surface area contributed by atoms with Gasteiger partial charge in [-0.2, -0.15) is 0 Å². The molecule has 3 nitrogen and oxygen atoms in total. The maximum Gasteiger partial charge on any atom is 0.0934 e. The molecule has 1 aliphatic rings. The van der Waals surface area contributed by atoms with Gasteiger partial charge in [-0.15, -0.1) is 0 Å². The lowest BCUT2D eigenvalue weighted by atomic mass is 10.3. The largest absolute Gasteiger partial charge is 0.383 e. The Kier molecular flexibility index (Phi) is 3.14. The molecular weight excluding hydrogens is 243 g/mol. The Labute approximate surface area is 73.5 Å². The molecule has 2 N–H and O–H groups in total. The van der Waals surface area contributed by atoms with Crippen molar-refractivity contribution < 1.29 is 4.74 Å². The van der Waals surface area contributed by atoms with E-state index in [4.69, 9.17) is 10.1 Å². The van der Waals surface area contributed by atoms with Gasteiger partial charge in [0.15, 0.2) is 0 Å². The number of allylic oxidation sites excluding steroid dienone is 1. The van der Waals surface area contributed by atoms with Crippen LogP contribution in [0, 0.1) is 5.41 Å². The van der Waals surface area contributed by atoms with Crippen molar-refractivity contribution in [3.8, 4) is 0 Å². The van der Waals surface area contributed by atoms with Gasteiger partial charge in [0, 0.05) is 0 Å². The van der Waals surface area contributed by atoms with Crippen molar-refractivity contribution in [1.82, 2.24) is 5.32 Å². The van der Waals surface area contributed by atoms with Gasteiger partial charge in [0.1, 0.15) is 0 Å². The van der Waals surface area contributed by atoms with Crippen LogP contribution in [0.1, 0.15) is 0 Å². The van der Waals surface area contributed by atoms with E-state index in [2.05, 4.69) is 5.32 Å². The first-order valence-electron chi connectivity index (χ1n) is 3.03. The molecule has 0 aromatic rings. The van der Waals surface area contributed by atoms with E-state index < -0.39 is 0 Å². The van der Waals surface area contributed by atoms with Crippen LogP contribution in [0.4, 0.5) is 0 Å². The fraction of sp³-hybridized carbons (Fsp3) is 0.500. The highest BCUT2D eigenvalue weighted by Gasteiger charge is 2.15. The minimum Gasteiger partial charge on any atom is -0.383 e. The van der Waals surface area contributed by atoms with Crippen molar-refractivity contribution in [3.63, 3.8) is 0 Å². The zero-order chi connectivity index (χ0) is 7.40. The van der Waals surface area contributed by atoms with Crippen molar-refractivity contribution in [2.75, 3.05) is 13.2 Å². The van der Waals surface area contributed by atoms with Crippen molar-refractivity contribution in [3.05, 3.63) is 12.3 Å². The summed E-state index contributed by atoms with van der Waals surface area (Å²) in [7, 11) is 0. The number of ether oxygens (including phenoxy) is 1. The number of hydrogen-bond acceptors (Lipinski definition) is 3. The predicted molar refractivity (Wildman–Crippen MR) is 48.6 cm³/mol. The van der Waals surface area contributed by atoms with E-state index in [0.29, 0.717) is 9.76 Å². The molecule has 0 aromatic carbocycles. The highest BCUT2D eigenvalue weighted by molar-refractivity contribution is 14.1. The van der Waals surface area contributed by atoms with E-state index in [1.807, 2.05) is 22.6 Å². The Balaban J connectivity index is 2.08. The summed E-state index contributed by atoms with van der Waals surface area (Å²) in [4.78, 5) is 0. The van der Waals surface area contributed by atoms with Crippen LogP contribution in [-0.4, -0.2) is 23.0 Å². The standard InChI is InChI=1S/C6H9IN2O/c7-6(8)1-2-9-5-3-10-4-5/h1-2,5,8-9H,3-4H2/b2-1-,8-6?. The molecule has 0 aromatic heterocycles. The summed E-state index contributed by atoms with van der Waals surface area (Å²) in [5.41, 5.74) is 0. The molecule has 0 spiro atoms. The monoisotopic (exact) mass is 252 g/mol. The summed E-state index contributed by atoms with van der Waals surface area (Å²) < 4.78 is 5.47. The summed E-state index contributed by atoms with van der Waals surface area (Å²) in [5, 5.41) is 10.1. The van der Waals surface area contributed by atoms with E-state index in [1.165, 1.54) is 0 Å². The van der Waals surface area contributed by atoms with Crippen molar-refractivity contribution in [2.24, 2.45) is 0 Å². The lowest BCUT2D eigenvalue weighted by Gasteiger charge is -2.25. The van der Waals surface area contributed by atoms with Gasteiger partial charge in [-0.05, 0) is 34.9 Å². The molecular formula is C6H9IN2O. The lowest BCUT2D eigenvalue weighted by molar-refractivity contribution is 0.000784. The van der Waals surface area contributed by atoms with Gasteiger partial charge >= 0.3 is 0 Å². The van der Waals surface area contributed by atoms with E-state index in [0.717, 1.165) is 13.2 Å². The molecule has 0 unspecified atom stereocenters. The summed E-state index contributed by atoms with van der Waals surface area (Å²) in [6.07, 6.45) is 3.51. The predicted octanol–water partition coefficient (Wildman–Crippen LogP) is 0.901. The van der Waals surface area contributed by atoms with Gasteiger partial charge in [-0.25, -0.2) is 0 Å². The first-order valence-corrected chi connectivity index (χ1v) is 4.11. The second-order valence-corrected chi connectivity index (χ2v) is 3.24. The lowest BCUT2D eigenvalue weighted by Crippen LogP contribution is -2.43. The zero-order valence-electron chi connectivity index (χ0n) is 5.43. The average molecular weight is 252 g/mol. The van der Waals surface area contributed by atoms with Crippen LogP contribution in [0.5, 0.6) is 0 Å². The van der Waals surface area contributed by atoms with Gasteiger partial charge in [-0.3, -0.25) is 5.41 Å². The molecule has 0 radical (unpaired) electrons. The van der Waals surface area contributed by atoms with E-state index in [1.54, 1.807) is 12.3 Å². The second kappa shape index (κ2) is 3.92. The number of nitrogens with one attached hydrogen (secondary N) is 2. The third-order valence-electron chi connectivity index (χ3n) is 1.20. The van der Waals surface area contributed by atoms with Crippen LogP contribution in [0.15, 0.2) is 12.3 Å². The zero-order valence-corrected chi connectivity index (χ0v) is 7.59. The Morgan fingerprint density at radius 3 is 2.80 bits per heavy atom. The van der Waals surface area contributed by atoms with Crippen LogP contribution in [0.3, 0.4) is 0 Å². The van der Waals surface area contributed by atoms with Crippen molar-refractivity contribution >= 4 is 26.3 Å². The Hall–Kier alpha value is -0.100. The Morgan fingerprint density at radius 1 is 1.70 bits per heavy atom. The van der Waals surface area contributed by atoms with Crippen molar-refractivity contribution in [1.29, 1.82) is 5.41 Å². The summed E-state index contributed by atoms with van der Waals surface area (Å²) >= 11 is 1.94. The molecule has 0 aliphatic carbocycles. The Morgan fingerprint density at radius 2 is 2.40 bits per heavy atom. The smallest absolute Gasteiger partial charge is 0.0934 e. The van der Waals surface area contributed by atoms with Gasteiger partial charge in [-0.1, -0.05) is 0 Å². The molecule has 0 amide bonds. The molecule has 0 bridgehead atoms. The normalized spacial score (nSPS) is 18.9. The first kappa shape index (κ1) is 8.00. The number of halogens is 1. The highest BCUT2D eigenvalue weighted by Crippen LogP contribution is 1.98. The van der Waals surface area contributed by atoms with Crippen LogP contribution in [0.25, 0.3) is 0 Å². The fourth-order valence-electron chi connectivity index (χ4n) is 0.589. The number of hydrogen-bond donors (Lipinski definition) is 2. The maximum atomic E-state index is 7.04. The third kappa shape index (κ3) is 2.66. The maximum absolute atomic E-state index is 7.04. The molecule has 4 heteroatoms. The SMILES string of the molecule is N=C(I)/C=C\NC1COC1. The van der Waals surface area contributed by atoms with Gasteiger partial charge in [0.25, 0.3) is 0 Å². The average Bonchev–Trinajstić information content (AvgIpc) is 1.75. The number of rotatable bonds is 3. The highest BCUT2D eigenvalue weighted by atomic mass is 127. The van der Waals surface area contributed by atoms with Crippen LogP contribution >= 0.6 is 22.6 Å². The molecule has 1 saturated heterocycles. The van der Waals surface area contributed by atoms with Crippen molar-refractivity contribution in [2.45, 2.75) is 6.04 Å². The molecule has 0 atom stereocenters. The fourth-order valence-corrected chi connectivity index (χ4v) is 0.769.